The number of esters is 1. The van der Waals surface area contributed by atoms with Gasteiger partial charge in [0.25, 0.3) is 0 Å². The molecule has 4 nitrogen and oxygen atoms in total. The minimum atomic E-state index is -0.322. The number of benzene rings is 1. The van der Waals surface area contributed by atoms with Crippen molar-refractivity contribution in [3.8, 4) is 11.5 Å². The van der Waals surface area contributed by atoms with Crippen molar-refractivity contribution in [1.29, 1.82) is 0 Å². The highest BCUT2D eigenvalue weighted by atomic mass is 127. The quantitative estimate of drug-likeness (QED) is 0.515. The molecule has 1 aromatic rings. The van der Waals surface area contributed by atoms with Crippen molar-refractivity contribution in [2.75, 3.05) is 13.7 Å². The van der Waals surface area contributed by atoms with E-state index in [9.17, 15) is 4.79 Å². The average molecular weight is 416 g/mol. The fourth-order valence-corrected chi connectivity index (χ4v) is 3.31. The highest BCUT2D eigenvalue weighted by Gasteiger charge is 2.19. The Morgan fingerprint density at radius 1 is 1.36 bits per heavy atom. The van der Waals surface area contributed by atoms with E-state index in [2.05, 4.69) is 29.2 Å². The van der Waals surface area contributed by atoms with Crippen LogP contribution in [0.3, 0.4) is 0 Å². The molecule has 1 aliphatic carbocycles. The molecule has 0 aromatic heterocycles. The van der Waals surface area contributed by atoms with E-state index in [0.29, 0.717) is 11.5 Å². The summed E-state index contributed by atoms with van der Waals surface area (Å²) in [6, 6.07) is 3.76. The van der Waals surface area contributed by atoms with Crippen LogP contribution in [0.25, 0.3) is 6.08 Å². The van der Waals surface area contributed by atoms with Gasteiger partial charge in [-0.15, -0.1) is 0 Å². The smallest absolute Gasteiger partial charge is 0.344 e. The van der Waals surface area contributed by atoms with Gasteiger partial charge in [0.2, 0.25) is 0 Å². The maximum absolute atomic E-state index is 11.9. The molecule has 0 saturated heterocycles. The molecule has 22 heavy (non-hydrogen) atoms. The van der Waals surface area contributed by atoms with Crippen LogP contribution in [0.4, 0.5) is 0 Å². The number of carbonyl (C=O) groups excluding carboxylic acids is 1. The third-order valence-corrected chi connectivity index (χ3v) is 4.47. The number of carbonyl (C=O) groups is 1. The van der Waals surface area contributed by atoms with E-state index in [-0.39, 0.29) is 18.7 Å². The van der Waals surface area contributed by atoms with Gasteiger partial charge in [0.1, 0.15) is 6.10 Å². The minimum Gasteiger partial charge on any atom is -0.493 e. The highest BCUT2D eigenvalue weighted by molar-refractivity contribution is 14.1. The van der Waals surface area contributed by atoms with Gasteiger partial charge in [-0.25, -0.2) is 4.79 Å². The number of hydrogen-bond donors (Lipinski definition) is 0. The van der Waals surface area contributed by atoms with Gasteiger partial charge < -0.3 is 14.2 Å². The lowest BCUT2D eigenvalue weighted by Gasteiger charge is -2.22. The Morgan fingerprint density at radius 2 is 2.09 bits per heavy atom. The molecular weight excluding hydrogens is 395 g/mol. The van der Waals surface area contributed by atoms with Crippen molar-refractivity contribution in [2.24, 2.45) is 0 Å². The third kappa shape index (κ3) is 4.63. The Morgan fingerprint density at radius 3 is 2.73 bits per heavy atom. The van der Waals surface area contributed by atoms with E-state index in [0.717, 1.165) is 34.8 Å². The van der Waals surface area contributed by atoms with Crippen molar-refractivity contribution in [1.82, 2.24) is 0 Å². The standard InChI is InChI=1S/C17H21IO4/c1-3-12-9-14(18)17(15(10-12)20-2)21-11-16(19)22-13-7-5-4-6-8-13/h3,9-10,13H,1,4-8,11H2,2H3. The average Bonchev–Trinajstić information content (AvgIpc) is 2.53. The first-order valence-corrected chi connectivity index (χ1v) is 8.54. The molecule has 0 N–H and O–H groups in total. The lowest BCUT2D eigenvalue weighted by Crippen LogP contribution is -2.24. The normalized spacial score (nSPS) is 15.2. The molecule has 2 rings (SSSR count). The number of rotatable bonds is 6. The molecule has 120 valence electrons. The molecule has 0 unspecified atom stereocenters. The first-order chi connectivity index (χ1) is 10.6. The molecule has 1 fully saturated rings. The Kier molecular flexibility index (Phi) is 6.54. The maximum Gasteiger partial charge on any atom is 0.344 e. The van der Waals surface area contributed by atoms with Crippen LogP contribution >= 0.6 is 22.6 Å². The highest BCUT2D eigenvalue weighted by Crippen LogP contribution is 2.34. The molecule has 0 atom stereocenters. The third-order valence-electron chi connectivity index (χ3n) is 3.67. The van der Waals surface area contributed by atoms with E-state index in [1.807, 2.05) is 12.1 Å². The molecule has 1 aliphatic rings. The second-order valence-electron chi connectivity index (χ2n) is 5.28. The predicted molar refractivity (Wildman–Crippen MR) is 94.3 cm³/mol. The first kappa shape index (κ1) is 17.1. The molecular formula is C17H21IO4. The van der Waals surface area contributed by atoms with Crippen molar-refractivity contribution in [3.05, 3.63) is 27.8 Å². The molecule has 1 aromatic carbocycles. The van der Waals surface area contributed by atoms with Gasteiger partial charge in [-0.05, 0) is 66.0 Å². The van der Waals surface area contributed by atoms with Gasteiger partial charge in [0.15, 0.2) is 18.1 Å². The molecule has 0 spiro atoms. The second kappa shape index (κ2) is 8.41. The van der Waals surface area contributed by atoms with E-state index in [4.69, 9.17) is 14.2 Å². The largest absolute Gasteiger partial charge is 0.493 e. The monoisotopic (exact) mass is 416 g/mol. The Labute approximate surface area is 145 Å². The lowest BCUT2D eigenvalue weighted by molar-refractivity contribution is -0.152. The Balaban J connectivity index is 1.95. The van der Waals surface area contributed by atoms with Gasteiger partial charge in [0, 0.05) is 0 Å². The van der Waals surface area contributed by atoms with Gasteiger partial charge in [-0.2, -0.15) is 0 Å². The summed E-state index contributed by atoms with van der Waals surface area (Å²) in [5.41, 5.74) is 0.943. The molecule has 0 aliphatic heterocycles. The zero-order valence-electron chi connectivity index (χ0n) is 12.8. The number of hydrogen-bond acceptors (Lipinski definition) is 4. The van der Waals surface area contributed by atoms with Crippen LogP contribution < -0.4 is 9.47 Å². The summed E-state index contributed by atoms with van der Waals surface area (Å²) in [6.07, 6.45) is 7.21. The lowest BCUT2D eigenvalue weighted by atomic mass is 9.98. The van der Waals surface area contributed by atoms with Crippen LogP contribution in [0.5, 0.6) is 11.5 Å². The summed E-state index contributed by atoms with van der Waals surface area (Å²) in [5, 5.41) is 0. The van der Waals surface area contributed by atoms with Crippen molar-refractivity contribution >= 4 is 34.6 Å². The van der Waals surface area contributed by atoms with Crippen molar-refractivity contribution in [3.63, 3.8) is 0 Å². The SMILES string of the molecule is C=Cc1cc(I)c(OCC(=O)OC2CCCCC2)c(OC)c1. The van der Waals surface area contributed by atoms with Crippen LogP contribution in [0.15, 0.2) is 18.7 Å². The van der Waals surface area contributed by atoms with Crippen molar-refractivity contribution < 1.29 is 19.0 Å². The first-order valence-electron chi connectivity index (χ1n) is 7.46. The minimum absolute atomic E-state index is 0.0500. The zero-order chi connectivity index (χ0) is 15.9. The maximum atomic E-state index is 11.9. The number of ether oxygens (including phenoxy) is 3. The Hall–Kier alpha value is -1.24. The second-order valence-corrected chi connectivity index (χ2v) is 6.44. The van der Waals surface area contributed by atoms with Crippen LogP contribution in [-0.4, -0.2) is 25.8 Å². The van der Waals surface area contributed by atoms with Gasteiger partial charge in [-0.3, -0.25) is 0 Å². The zero-order valence-corrected chi connectivity index (χ0v) is 14.9. The summed E-state index contributed by atoms with van der Waals surface area (Å²) >= 11 is 2.16. The summed E-state index contributed by atoms with van der Waals surface area (Å²) in [7, 11) is 1.57. The summed E-state index contributed by atoms with van der Waals surface area (Å²) in [5.74, 6) is 0.833. The van der Waals surface area contributed by atoms with E-state index < -0.39 is 0 Å². The number of halogens is 1. The molecule has 1 saturated carbocycles. The molecule has 0 amide bonds. The van der Waals surface area contributed by atoms with Crippen LogP contribution in [0, 0.1) is 3.57 Å². The molecule has 0 bridgehead atoms. The molecule has 0 radical (unpaired) electrons. The van der Waals surface area contributed by atoms with Crippen LogP contribution in [-0.2, 0) is 9.53 Å². The molecule has 5 heteroatoms. The number of methoxy groups -OCH3 is 1. The van der Waals surface area contributed by atoms with E-state index in [1.165, 1.54) is 6.42 Å². The van der Waals surface area contributed by atoms with E-state index in [1.54, 1.807) is 13.2 Å². The topological polar surface area (TPSA) is 44.8 Å². The summed E-state index contributed by atoms with van der Waals surface area (Å²) < 4.78 is 17.3. The van der Waals surface area contributed by atoms with Crippen molar-refractivity contribution in [2.45, 2.75) is 38.2 Å². The Bertz CT molecular complexity index is 536. The van der Waals surface area contributed by atoms with E-state index >= 15 is 0 Å². The summed E-state index contributed by atoms with van der Waals surface area (Å²) in [6.45, 7) is 3.64. The molecule has 0 heterocycles. The van der Waals surface area contributed by atoms with Gasteiger partial charge in [0.05, 0.1) is 10.7 Å². The fourth-order valence-electron chi connectivity index (χ4n) is 2.53. The van der Waals surface area contributed by atoms with Gasteiger partial charge >= 0.3 is 5.97 Å². The van der Waals surface area contributed by atoms with Crippen LogP contribution in [0.2, 0.25) is 0 Å². The predicted octanol–water partition coefficient (Wildman–Crippen LogP) is 4.20. The fraction of sp³-hybridized carbons (Fsp3) is 0.471. The van der Waals surface area contributed by atoms with Crippen LogP contribution in [0.1, 0.15) is 37.7 Å². The van der Waals surface area contributed by atoms with Gasteiger partial charge in [-0.1, -0.05) is 19.1 Å². The summed E-state index contributed by atoms with van der Waals surface area (Å²) in [4.78, 5) is 11.9.